The fourth-order valence-corrected chi connectivity index (χ4v) is 10.9. The Hall–Kier alpha value is 0.217. The van der Waals surface area contributed by atoms with Gasteiger partial charge in [-0.3, -0.25) is 0 Å². The average Bonchev–Trinajstić information content (AvgIpc) is 3.15. The molecule has 2 aromatic rings. The standard InChI is InChI=1S/C12H23BrN2OSSi.C3H3BrN2OS.CH4/c1-8(2)18(9(3)4,10(5)6)16-7-11-14-15-12(13)17-11;4-3-6-5-2(1-7)8-3;/h8-10H,7H2,1-6H3;7H,1H2;1H4. The number of aliphatic hydroxyl groups excluding tert-OH is 1. The lowest BCUT2D eigenvalue weighted by atomic mass is 10.5. The van der Waals surface area contributed by atoms with Gasteiger partial charge in [-0.15, -0.1) is 20.4 Å². The Balaban J connectivity index is 0.000000629. The van der Waals surface area contributed by atoms with E-state index in [9.17, 15) is 0 Å². The van der Waals surface area contributed by atoms with Crippen LogP contribution in [0.5, 0.6) is 0 Å². The monoisotopic (exact) mass is 560 g/mol. The second-order valence-corrected chi connectivity index (χ2v) is 16.8. The van der Waals surface area contributed by atoms with Gasteiger partial charge in [0.15, 0.2) is 7.83 Å². The van der Waals surface area contributed by atoms with E-state index in [2.05, 4.69) is 93.8 Å². The number of hydrogen-bond acceptors (Lipinski definition) is 8. The first-order chi connectivity index (χ1) is 12.1. The first-order valence-electron chi connectivity index (χ1n) is 8.34. The molecule has 2 heterocycles. The van der Waals surface area contributed by atoms with Gasteiger partial charge in [0, 0.05) is 0 Å². The summed E-state index contributed by atoms with van der Waals surface area (Å²) >= 11 is 9.33. The van der Waals surface area contributed by atoms with Crippen LogP contribution in [0.25, 0.3) is 0 Å². The Morgan fingerprint density at radius 1 is 0.852 bits per heavy atom. The molecule has 0 amide bonds. The quantitative estimate of drug-likeness (QED) is 0.393. The maximum Gasteiger partial charge on any atom is 0.200 e. The molecule has 0 saturated carbocycles. The van der Waals surface area contributed by atoms with Crippen LogP contribution in [0, 0.1) is 0 Å². The molecule has 0 aliphatic carbocycles. The maximum atomic E-state index is 8.44. The third kappa shape index (κ3) is 7.86. The molecular formula is C16H30Br2N4O2S2Si. The van der Waals surface area contributed by atoms with Gasteiger partial charge in [0.2, 0.25) is 8.32 Å². The third-order valence-electron chi connectivity index (χ3n) is 4.17. The molecule has 2 rings (SSSR count). The van der Waals surface area contributed by atoms with Crippen LogP contribution in [0.1, 0.15) is 59.0 Å². The Bertz CT molecular complexity index is 647. The van der Waals surface area contributed by atoms with Crippen molar-refractivity contribution >= 4 is 62.9 Å². The van der Waals surface area contributed by atoms with Crippen LogP contribution >= 0.6 is 54.5 Å². The molecule has 11 heteroatoms. The van der Waals surface area contributed by atoms with Crippen LogP contribution in [0.3, 0.4) is 0 Å². The van der Waals surface area contributed by atoms with Crippen molar-refractivity contribution in [2.24, 2.45) is 0 Å². The van der Waals surface area contributed by atoms with Gasteiger partial charge in [-0.1, -0.05) is 71.6 Å². The highest BCUT2D eigenvalue weighted by atomic mass is 79.9. The summed E-state index contributed by atoms with van der Waals surface area (Å²) < 4.78 is 7.98. The van der Waals surface area contributed by atoms with E-state index in [1.165, 1.54) is 11.3 Å². The van der Waals surface area contributed by atoms with E-state index in [1.54, 1.807) is 11.3 Å². The van der Waals surface area contributed by atoms with Gasteiger partial charge in [0.1, 0.15) is 10.0 Å². The number of halogens is 2. The zero-order valence-corrected chi connectivity index (χ0v) is 21.7. The fourth-order valence-electron chi connectivity index (χ4n) is 3.28. The summed E-state index contributed by atoms with van der Waals surface area (Å²) in [5.74, 6) is 0. The molecule has 0 saturated heterocycles. The lowest BCUT2D eigenvalue weighted by molar-refractivity contribution is 0.264. The maximum absolute atomic E-state index is 8.44. The number of aliphatic hydroxyl groups is 1. The molecule has 156 valence electrons. The van der Waals surface area contributed by atoms with Crippen LogP contribution in [-0.4, -0.2) is 33.8 Å². The molecular weight excluding hydrogens is 532 g/mol. The molecule has 1 N–H and O–H groups in total. The lowest BCUT2D eigenvalue weighted by Gasteiger charge is -2.41. The molecule has 27 heavy (non-hydrogen) atoms. The molecule has 0 radical (unpaired) electrons. The highest BCUT2D eigenvalue weighted by Crippen LogP contribution is 2.42. The summed E-state index contributed by atoms with van der Waals surface area (Å²) in [6, 6.07) is 0. The third-order valence-corrected chi connectivity index (χ3v) is 12.9. The van der Waals surface area contributed by atoms with Crippen LogP contribution in [-0.2, 0) is 17.6 Å². The van der Waals surface area contributed by atoms with Crippen molar-refractivity contribution in [2.75, 3.05) is 0 Å². The van der Waals surface area contributed by atoms with E-state index in [4.69, 9.17) is 9.53 Å². The lowest BCUT2D eigenvalue weighted by Crippen LogP contribution is -2.47. The first kappa shape index (κ1) is 27.2. The highest BCUT2D eigenvalue weighted by molar-refractivity contribution is 9.11. The van der Waals surface area contributed by atoms with E-state index in [0.29, 0.717) is 32.2 Å². The molecule has 0 aliphatic rings. The van der Waals surface area contributed by atoms with E-state index >= 15 is 0 Å². The van der Waals surface area contributed by atoms with Crippen LogP contribution in [0.4, 0.5) is 0 Å². The Morgan fingerprint density at radius 3 is 1.52 bits per heavy atom. The van der Waals surface area contributed by atoms with E-state index in [-0.39, 0.29) is 14.0 Å². The van der Waals surface area contributed by atoms with E-state index in [0.717, 1.165) is 8.92 Å². The molecule has 0 atom stereocenters. The van der Waals surface area contributed by atoms with Gasteiger partial charge in [-0.2, -0.15) is 0 Å². The fraction of sp³-hybridized carbons (Fsp3) is 0.750. The molecule has 0 aromatic carbocycles. The second kappa shape index (κ2) is 12.7. The summed E-state index contributed by atoms with van der Waals surface area (Å²) in [7, 11) is -1.78. The zero-order chi connectivity index (χ0) is 19.9. The van der Waals surface area contributed by atoms with Crippen molar-refractivity contribution in [3.8, 4) is 0 Å². The Kier molecular flexibility index (Phi) is 12.8. The molecule has 0 spiro atoms. The van der Waals surface area contributed by atoms with Crippen LogP contribution in [0.15, 0.2) is 7.83 Å². The second-order valence-electron chi connectivity index (χ2n) is 6.66. The topological polar surface area (TPSA) is 81.0 Å². The predicted molar refractivity (Wildman–Crippen MR) is 124 cm³/mol. The number of rotatable bonds is 7. The minimum atomic E-state index is -1.78. The van der Waals surface area contributed by atoms with Crippen molar-refractivity contribution < 1.29 is 9.53 Å². The molecule has 0 aliphatic heterocycles. The van der Waals surface area contributed by atoms with Crippen LogP contribution in [0.2, 0.25) is 16.6 Å². The Morgan fingerprint density at radius 2 is 1.26 bits per heavy atom. The first-order valence-corrected chi connectivity index (χ1v) is 13.7. The minimum Gasteiger partial charge on any atom is -0.409 e. The summed E-state index contributed by atoms with van der Waals surface area (Å²) in [6.07, 6.45) is 0. The largest absolute Gasteiger partial charge is 0.409 e. The molecule has 0 bridgehead atoms. The SMILES string of the molecule is C.CC(C)[Si](OCc1nnc(Br)s1)(C(C)C)C(C)C.OCc1nnc(Br)s1. The summed E-state index contributed by atoms with van der Waals surface area (Å²) in [5.41, 5.74) is 1.82. The van der Waals surface area contributed by atoms with Crippen molar-refractivity contribution in [3.63, 3.8) is 0 Å². The highest BCUT2D eigenvalue weighted by Gasteiger charge is 2.45. The predicted octanol–water partition coefficient (Wildman–Crippen LogP) is 6.42. The van der Waals surface area contributed by atoms with E-state index < -0.39 is 8.32 Å². The summed E-state index contributed by atoms with van der Waals surface area (Å²) in [6.45, 7) is 14.3. The van der Waals surface area contributed by atoms with Gasteiger partial charge in [-0.25, -0.2) is 0 Å². The molecule has 0 fully saturated rings. The normalized spacial score (nSPS) is 11.6. The zero-order valence-electron chi connectivity index (χ0n) is 15.9. The van der Waals surface area contributed by atoms with Crippen molar-refractivity contribution in [1.82, 2.24) is 20.4 Å². The van der Waals surface area contributed by atoms with Gasteiger partial charge in [-0.05, 0) is 48.5 Å². The van der Waals surface area contributed by atoms with Crippen molar-refractivity contribution in [1.29, 1.82) is 0 Å². The summed E-state index contributed by atoms with van der Waals surface area (Å²) in [4.78, 5) is 0. The molecule has 2 aromatic heterocycles. The minimum absolute atomic E-state index is 0. The average molecular weight is 562 g/mol. The smallest absolute Gasteiger partial charge is 0.200 e. The Labute approximate surface area is 188 Å². The van der Waals surface area contributed by atoms with Crippen molar-refractivity contribution in [3.05, 3.63) is 17.8 Å². The molecule has 0 unspecified atom stereocenters. The number of aromatic nitrogens is 4. The summed E-state index contributed by atoms with van der Waals surface area (Å²) in [5, 5.41) is 25.3. The van der Waals surface area contributed by atoms with E-state index in [1.807, 2.05) is 0 Å². The van der Waals surface area contributed by atoms with Gasteiger partial charge < -0.3 is 9.53 Å². The van der Waals surface area contributed by atoms with Gasteiger partial charge in [0.25, 0.3) is 0 Å². The van der Waals surface area contributed by atoms with Crippen molar-refractivity contribution in [2.45, 2.75) is 78.8 Å². The number of hydrogen-bond donors (Lipinski definition) is 1. The van der Waals surface area contributed by atoms with Gasteiger partial charge in [0.05, 0.1) is 13.2 Å². The molecule has 6 nitrogen and oxygen atoms in total. The van der Waals surface area contributed by atoms with Gasteiger partial charge >= 0.3 is 0 Å². The number of nitrogens with zero attached hydrogens (tertiary/aromatic N) is 4. The van der Waals surface area contributed by atoms with Crippen LogP contribution < -0.4 is 0 Å².